The fraction of sp³-hybridized carbons (Fsp3) is 0. The number of para-hydroxylation sites is 1. The molecule has 0 spiro atoms. The van der Waals surface area contributed by atoms with E-state index in [0.717, 1.165) is 15.8 Å². The van der Waals surface area contributed by atoms with Crippen LogP contribution in [0.3, 0.4) is 0 Å². The Morgan fingerprint density at radius 2 is 1.75 bits per heavy atom. The minimum atomic E-state index is -0.419. The summed E-state index contributed by atoms with van der Waals surface area (Å²) in [5, 5.41) is 6.54. The Labute approximate surface area is 147 Å². The highest BCUT2D eigenvalue weighted by molar-refractivity contribution is 9.10. The molecule has 0 radical (unpaired) electrons. The van der Waals surface area contributed by atoms with Crippen molar-refractivity contribution < 1.29 is 9.21 Å². The van der Waals surface area contributed by atoms with Crippen molar-refractivity contribution in [1.29, 1.82) is 0 Å². The first-order valence-corrected chi connectivity index (χ1v) is 8.01. The number of carbonyl (C=O) groups is 1. The molecule has 120 valence electrons. The van der Waals surface area contributed by atoms with E-state index in [4.69, 9.17) is 4.42 Å². The van der Waals surface area contributed by atoms with Crippen LogP contribution in [0.5, 0.6) is 0 Å². The fourth-order valence-corrected chi connectivity index (χ4v) is 2.29. The van der Waals surface area contributed by atoms with E-state index in [-0.39, 0.29) is 0 Å². The van der Waals surface area contributed by atoms with Gasteiger partial charge in [0.15, 0.2) is 0 Å². The van der Waals surface area contributed by atoms with Crippen LogP contribution in [-0.2, 0) is 0 Å². The standard InChI is InChI=1S/C18H14BrN3O2/c19-14-8-6-13(7-9-14)17-11-10-16(24-17)12-20-22-18(23)21-15-4-2-1-3-5-15/h1-12H,(H2,21,22,23). The largest absolute Gasteiger partial charge is 0.455 e. The molecule has 5 nitrogen and oxygen atoms in total. The van der Waals surface area contributed by atoms with Gasteiger partial charge < -0.3 is 9.73 Å². The monoisotopic (exact) mass is 383 g/mol. The summed E-state index contributed by atoms with van der Waals surface area (Å²) in [7, 11) is 0. The first-order valence-electron chi connectivity index (χ1n) is 7.21. The molecule has 0 fully saturated rings. The maximum absolute atomic E-state index is 11.7. The van der Waals surface area contributed by atoms with Gasteiger partial charge in [0.1, 0.15) is 11.5 Å². The lowest BCUT2D eigenvalue weighted by atomic mass is 10.2. The molecule has 0 aliphatic carbocycles. The molecule has 3 rings (SSSR count). The van der Waals surface area contributed by atoms with Crippen LogP contribution in [0.2, 0.25) is 0 Å². The number of nitrogens with one attached hydrogen (secondary N) is 2. The maximum Gasteiger partial charge on any atom is 0.339 e. The zero-order chi connectivity index (χ0) is 16.8. The molecular formula is C18H14BrN3O2. The third-order valence-corrected chi connectivity index (χ3v) is 3.67. The zero-order valence-electron chi connectivity index (χ0n) is 12.6. The van der Waals surface area contributed by atoms with Crippen LogP contribution in [0, 0.1) is 0 Å². The molecule has 0 unspecified atom stereocenters. The van der Waals surface area contributed by atoms with E-state index in [9.17, 15) is 4.79 Å². The second-order valence-corrected chi connectivity index (χ2v) is 5.81. The van der Waals surface area contributed by atoms with E-state index < -0.39 is 6.03 Å². The molecule has 0 bridgehead atoms. The Kier molecular flexibility index (Phi) is 5.08. The first kappa shape index (κ1) is 16.0. The summed E-state index contributed by atoms with van der Waals surface area (Å²) < 4.78 is 6.68. The highest BCUT2D eigenvalue weighted by Gasteiger charge is 2.03. The molecule has 3 aromatic rings. The van der Waals surface area contributed by atoms with Crippen LogP contribution in [0.15, 0.2) is 80.7 Å². The second-order valence-electron chi connectivity index (χ2n) is 4.90. The smallest absolute Gasteiger partial charge is 0.339 e. The van der Waals surface area contributed by atoms with Crippen LogP contribution < -0.4 is 10.7 Å². The van der Waals surface area contributed by atoms with E-state index in [0.29, 0.717) is 11.4 Å². The van der Waals surface area contributed by atoms with Gasteiger partial charge in [-0.05, 0) is 36.4 Å². The Balaban J connectivity index is 1.57. The summed E-state index contributed by atoms with van der Waals surface area (Å²) in [6.45, 7) is 0. The van der Waals surface area contributed by atoms with Crippen molar-refractivity contribution in [1.82, 2.24) is 5.43 Å². The zero-order valence-corrected chi connectivity index (χ0v) is 14.2. The summed E-state index contributed by atoms with van der Waals surface area (Å²) in [6, 6.07) is 20.2. The van der Waals surface area contributed by atoms with Crippen molar-refractivity contribution in [2.75, 3.05) is 5.32 Å². The van der Waals surface area contributed by atoms with E-state index in [1.807, 2.05) is 48.5 Å². The van der Waals surface area contributed by atoms with Crippen LogP contribution in [0.1, 0.15) is 5.76 Å². The number of hydrogen-bond donors (Lipinski definition) is 2. The van der Waals surface area contributed by atoms with Crippen molar-refractivity contribution in [3.63, 3.8) is 0 Å². The molecule has 0 atom stereocenters. The van der Waals surface area contributed by atoms with Crippen molar-refractivity contribution in [2.24, 2.45) is 5.10 Å². The highest BCUT2D eigenvalue weighted by Crippen LogP contribution is 2.23. The van der Waals surface area contributed by atoms with Crippen molar-refractivity contribution in [3.05, 3.63) is 77.0 Å². The van der Waals surface area contributed by atoms with Gasteiger partial charge in [-0.15, -0.1) is 0 Å². The Morgan fingerprint density at radius 3 is 2.50 bits per heavy atom. The summed E-state index contributed by atoms with van der Waals surface area (Å²) in [4.78, 5) is 11.7. The lowest BCUT2D eigenvalue weighted by molar-refractivity contribution is 0.252. The average molecular weight is 384 g/mol. The number of benzene rings is 2. The summed E-state index contributed by atoms with van der Waals surface area (Å²) in [5.41, 5.74) is 4.05. The third-order valence-electron chi connectivity index (χ3n) is 3.15. The van der Waals surface area contributed by atoms with Crippen molar-refractivity contribution in [3.8, 4) is 11.3 Å². The molecule has 0 aliphatic heterocycles. The van der Waals surface area contributed by atoms with Crippen LogP contribution in [0.25, 0.3) is 11.3 Å². The molecular weight excluding hydrogens is 370 g/mol. The lowest BCUT2D eigenvalue weighted by Crippen LogP contribution is -2.24. The number of urea groups is 1. The van der Waals surface area contributed by atoms with Gasteiger partial charge in [-0.3, -0.25) is 0 Å². The topological polar surface area (TPSA) is 66.6 Å². The quantitative estimate of drug-likeness (QED) is 0.498. The molecule has 0 saturated heterocycles. The fourth-order valence-electron chi connectivity index (χ4n) is 2.03. The number of halogens is 1. The van der Waals surface area contributed by atoms with Gasteiger partial charge in [-0.2, -0.15) is 5.10 Å². The van der Waals surface area contributed by atoms with E-state index in [1.54, 1.807) is 18.2 Å². The number of nitrogens with zero attached hydrogens (tertiary/aromatic N) is 1. The van der Waals surface area contributed by atoms with Gasteiger partial charge in [0, 0.05) is 15.7 Å². The predicted octanol–water partition coefficient (Wildman–Crippen LogP) is 4.86. The number of hydrazone groups is 1. The Hall–Kier alpha value is -2.86. The molecule has 1 aromatic heterocycles. The van der Waals surface area contributed by atoms with Gasteiger partial charge in [-0.1, -0.05) is 46.3 Å². The SMILES string of the molecule is O=C(NN=Cc1ccc(-c2ccc(Br)cc2)o1)Nc1ccccc1. The third kappa shape index (κ3) is 4.33. The molecule has 0 aliphatic rings. The number of amides is 2. The first-order chi connectivity index (χ1) is 11.7. The number of hydrogen-bond acceptors (Lipinski definition) is 3. The minimum Gasteiger partial charge on any atom is -0.455 e. The van der Waals surface area contributed by atoms with Crippen molar-refractivity contribution >= 4 is 33.9 Å². The normalized spacial score (nSPS) is 10.7. The molecule has 2 N–H and O–H groups in total. The van der Waals surface area contributed by atoms with Crippen LogP contribution in [-0.4, -0.2) is 12.2 Å². The molecule has 2 aromatic carbocycles. The number of carbonyl (C=O) groups excluding carboxylic acids is 1. The molecule has 2 amide bonds. The van der Waals surface area contributed by atoms with E-state index >= 15 is 0 Å². The van der Waals surface area contributed by atoms with Gasteiger partial charge >= 0.3 is 6.03 Å². The number of furan rings is 1. The van der Waals surface area contributed by atoms with Crippen LogP contribution >= 0.6 is 15.9 Å². The Bertz CT molecular complexity index is 842. The predicted molar refractivity (Wildman–Crippen MR) is 98.0 cm³/mol. The highest BCUT2D eigenvalue weighted by atomic mass is 79.9. The molecule has 0 saturated carbocycles. The summed E-state index contributed by atoms with van der Waals surface area (Å²) >= 11 is 3.40. The summed E-state index contributed by atoms with van der Waals surface area (Å²) in [6.07, 6.45) is 1.45. The number of anilines is 1. The lowest BCUT2D eigenvalue weighted by Gasteiger charge is -2.02. The Morgan fingerprint density at radius 1 is 1.00 bits per heavy atom. The minimum absolute atomic E-state index is 0.419. The summed E-state index contributed by atoms with van der Waals surface area (Å²) in [5.74, 6) is 1.28. The average Bonchev–Trinajstić information content (AvgIpc) is 3.05. The maximum atomic E-state index is 11.7. The van der Waals surface area contributed by atoms with Crippen molar-refractivity contribution in [2.45, 2.75) is 0 Å². The van der Waals surface area contributed by atoms with Gasteiger partial charge in [-0.25, -0.2) is 10.2 Å². The molecule has 6 heteroatoms. The number of rotatable bonds is 4. The van der Waals surface area contributed by atoms with E-state index in [2.05, 4.69) is 31.8 Å². The van der Waals surface area contributed by atoms with Crippen LogP contribution in [0.4, 0.5) is 10.5 Å². The second kappa shape index (κ2) is 7.61. The molecule has 24 heavy (non-hydrogen) atoms. The van der Waals surface area contributed by atoms with Gasteiger partial charge in [0.05, 0.1) is 6.21 Å². The van der Waals surface area contributed by atoms with Gasteiger partial charge in [0.25, 0.3) is 0 Å². The van der Waals surface area contributed by atoms with E-state index in [1.165, 1.54) is 6.21 Å². The molecule has 1 heterocycles. The van der Waals surface area contributed by atoms with Gasteiger partial charge in [0.2, 0.25) is 0 Å².